The molecule has 0 spiro atoms. The maximum absolute atomic E-state index is 3.57. The minimum atomic E-state index is 0.568. The van der Waals surface area contributed by atoms with Crippen LogP contribution in [0.4, 0.5) is 0 Å². The van der Waals surface area contributed by atoms with Gasteiger partial charge < -0.3 is 0 Å². The van der Waals surface area contributed by atoms with E-state index in [-0.39, 0.29) is 0 Å². The molecule has 12 heavy (non-hydrogen) atoms. The zero-order chi connectivity index (χ0) is 9.23. The van der Waals surface area contributed by atoms with Crippen LogP contribution >= 0.6 is 0 Å². The minimum absolute atomic E-state index is 0.568. The fraction of sp³-hybridized carbons (Fsp3) is 0.250. The second-order valence-electron chi connectivity index (χ2n) is 2.75. The number of rotatable bonds is 4. The van der Waals surface area contributed by atoms with E-state index < -0.39 is 0 Å². The third-order valence-corrected chi connectivity index (χ3v) is 1.09. The van der Waals surface area contributed by atoms with Crippen molar-refractivity contribution in [2.45, 2.75) is 13.8 Å². The predicted octanol–water partition coefficient (Wildman–Crippen LogP) is 3.65. The molecule has 0 amide bonds. The number of allylic oxidation sites excluding steroid dienone is 6. The van der Waals surface area contributed by atoms with Crippen molar-refractivity contribution in [1.82, 2.24) is 0 Å². The van der Waals surface area contributed by atoms with E-state index >= 15 is 0 Å². The molecule has 0 unspecified atom stereocenters. The molecule has 0 aromatic rings. The van der Waals surface area contributed by atoms with Crippen molar-refractivity contribution in [2.75, 3.05) is 0 Å². The van der Waals surface area contributed by atoms with Gasteiger partial charge in [0.1, 0.15) is 0 Å². The summed E-state index contributed by atoms with van der Waals surface area (Å²) in [5.74, 6) is 0.568. The predicted molar refractivity (Wildman–Crippen MR) is 56.0 cm³/mol. The Hall–Kier alpha value is -1.26. The molecule has 0 saturated heterocycles. The molecule has 0 fully saturated rings. The lowest BCUT2D eigenvalue weighted by Crippen LogP contribution is -1.72. The van der Waals surface area contributed by atoms with Crippen molar-refractivity contribution in [3.05, 3.63) is 54.8 Å². The molecule has 64 valence electrons. The van der Waals surface area contributed by atoms with E-state index in [4.69, 9.17) is 0 Å². The average molecular weight is 160 g/mol. The van der Waals surface area contributed by atoms with Gasteiger partial charge in [0.15, 0.2) is 0 Å². The van der Waals surface area contributed by atoms with Crippen LogP contribution in [0.5, 0.6) is 0 Å². The van der Waals surface area contributed by atoms with Gasteiger partial charge in [0.25, 0.3) is 0 Å². The van der Waals surface area contributed by atoms with Crippen molar-refractivity contribution in [1.29, 1.82) is 0 Å². The zero-order valence-corrected chi connectivity index (χ0v) is 7.83. The summed E-state index contributed by atoms with van der Waals surface area (Å²) in [5, 5.41) is 0. The van der Waals surface area contributed by atoms with Gasteiger partial charge in [-0.15, -0.1) is 5.73 Å². The van der Waals surface area contributed by atoms with E-state index in [0.29, 0.717) is 5.92 Å². The summed E-state index contributed by atoms with van der Waals surface area (Å²) >= 11 is 0. The van der Waals surface area contributed by atoms with Crippen LogP contribution in [0.15, 0.2) is 54.8 Å². The summed E-state index contributed by atoms with van der Waals surface area (Å²) in [6.45, 7) is 7.82. The van der Waals surface area contributed by atoms with E-state index in [1.54, 1.807) is 6.08 Å². The van der Waals surface area contributed by atoms with Crippen LogP contribution in [0.1, 0.15) is 13.8 Å². The van der Waals surface area contributed by atoms with Crippen molar-refractivity contribution >= 4 is 0 Å². The molecule has 0 aliphatic carbocycles. The Morgan fingerprint density at radius 1 is 1.08 bits per heavy atom. The largest absolute Gasteiger partial charge is 0.125 e. The van der Waals surface area contributed by atoms with Crippen LogP contribution < -0.4 is 0 Å². The molecule has 0 radical (unpaired) electrons. The molecular formula is C12H16. The van der Waals surface area contributed by atoms with Crippen molar-refractivity contribution in [2.24, 2.45) is 5.92 Å². The van der Waals surface area contributed by atoms with Crippen molar-refractivity contribution in [3.8, 4) is 0 Å². The topological polar surface area (TPSA) is 0 Å². The van der Waals surface area contributed by atoms with Gasteiger partial charge in [-0.25, -0.2) is 0 Å². The second-order valence-corrected chi connectivity index (χ2v) is 2.75. The molecule has 0 aliphatic heterocycles. The highest BCUT2D eigenvalue weighted by Gasteiger charge is 1.77. The summed E-state index contributed by atoms with van der Waals surface area (Å²) < 4.78 is 0. The molecule has 0 rings (SSSR count). The first-order chi connectivity index (χ1) is 5.77. The normalized spacial score (nSPS) is 10.6. The fourth-order valence-electron chi connectivity index (χ4n) is 0.566. The maximum atomic E-state index is 3.57. The maximum Gasteiger partial charge on any atom is -0.0203 e. The van der Waals surface area contributed by atoms with Gasteiger partial charge in [-0.05, 0) is 18.1 Å². The fourth-order valence-corrected chi connectivity index (χ4v) is 0.566. The summed E-state index contributed by atoms with van der Waals surface area (Å²) in [6, 6.07) is 0. The van der Waals surface area contributed by atoms with Crippen molar-refractivity contribution in [3.63, 3.8) is 0 Å². The second kappa shape index (κ2) is 7.84. The highest BCUT2D eigenvalue weighted by molar-refractivity contribution is 5.14. The first-order valence-corrected chi connectivity index (χ1v) is 4.14. The molecule has 0 heteroatoms. The lowest BCUT2D eigenvalue weighted by atomic mass is 10.2. The lowest BCUT2D eigenvalue weighted by molar-refractivity contribution is 0.833. The smallest absolute Gasteiger partial charge is 0.0203 e. The minimum Gasteiger partial charge on any atom is -0.125 e. The Bertz CT molecular complexity index is 220. The number of hydrogen-bond donors (Lipinski definition) is 0. The van der Waals surface area contributed by atoms with Crippen LogP contribution in [-0.2, 0) is 0 Å². The zero-order valence-electron chi connectivity index (χ0n) is 7.83. The molecule has 0 aromatic carbocycles. The molecule has 0 N–H and O–H groups in total. The number of hydrogen-bond acceptors (Lipinski definition) is 0. The Morgan fingerprint density at radius 3 is 2.33 bits per heavy atom. The average Bonchev–Trinajstić information content (AvgIpc) is 2.02. The van der Waals surface area contributed by atoms with Gasteiger partial charge in [-0.3, -0.25) is 0 Å². The van der Waals surface area contributed by atoms with Gasteiger partial charge in [-0.1, -0.05) is 50.8 Å². The monoisotopic (exact) mass is 160 g/mol. The van der Waals surface area contributed by atoms with Crippen molar-refractivity contribution < 1.29 is 0 Å². The third kappa shape index (κ3) is 8.74. The third-order valence-electron chi connectivity index (χ3n) is 1.09. The molecular weight excluding hydrogens is 144 g/mol. The van der Waals surface area contributed by atoms with Crippen LogP contribution in [-0.4, -0.2) is 0 Å². The van der Waals surface area contributed by atoms with E-state index in [2.05, 4.69) is 26.2 Å². The van der Waals surface area contributed by atoms with Crippen LogP contribution in [0.3, 0.4) is 0 Å². The lowest BCUT2D eigenvalue weighted by Gasteiger charge is -1.85. The Morgan fingerprint density at radius 2 is 1.75 bits per heavy atom. The quantitative estimate of drug-likeness (QED) is 0.435. The summed E-state index contributed by atoms with van der Waals surface area (Å²) in [7, 11) is 0. The van der Waals surface area contributed by atoms with E-state index in [0.717, 1.165) is 0 Å². The SMILES string of the molecule is C=CC=CC=CC=C=CC(C)C. The molecule has 0 bridgehead atoms. The van der Waals surface area contributed by atoms with Gasteiger partial charge >= 0.3 is 0 Å². The van der Waals surface area contributed by atoms with E-state index in [1.807, 2.05) is 36.5 Å². The Balaban J connectivity index is 3.80. The van der Waals surface area contributed by atoms with Gasteiger partial charge in [0.05, 0.1) is 0 Å². The molecule has 0 heterocycles. The van der Waals surface area contributed by atoms with Gasteiger partial charge in [0, 0.05) is 0 Å². The van der Waals surface area contributed by atoms with Crippen LogP contribution in [0, 0.1) is 5.92 Å². The molecule has 0 aromatic heterocycles. The van der Waals surface area contributed by atoms with Gasteiger partial charge in [-0.2, -0.15) is 0 Å². The summed E-state index contributed by atoms with van der Waals surface area (Å²) in [5.41, 5.74) is 3.07. The highest BCUT2D eigenvalue weighted by Crippen LogP contribution is 1.90. The standard InChI is InChI=1S/C12H16/c1-4-5-6-7-8-9-10-11-12(2)3/h4-9,11-12H,1H2,2-3H3. The van der Waals surface area contributed by atoms with E-state index in [9.17, 15) is 0 Å². The first-order valence-electron chi connectivity index (χ1n) is 4.14. The Kier molecular flexibility index (Phi) is 7.02. The van der Waals surface area contributed by atoms with Crippen LogP contribution in [0.2, 0.25) is 0 Å². The summed E-state index contributed by atoms with van der Waals surface area (Å²) in [6.07, 6.45) is 13.4. The van der Waals surface area contributed by atoms with Gasteiger partial charge in [0.2, 0.25) is 0 Å². The Labute approximate surface area is 75.3 Å². The molecule has 0 nitrogen and oxygen atoms in total. The summed E-state index contributed by atoms with van der Waals surface area (Å²) in [4.78, 5) is 0. The molecule has 0 atom stereocenters. The highest BCUT2D eigenvalue weighted by atomic mass is 13.8. The first kappa shape index (κ1) is 10.7. The molecule has 0 aliphatic rings. The van der Waals surface area contributed by atoms with E-state index in [1.165, 1.54) is 0 Å². The molecule has 0 saturated carbocycles. The van der Waals surface area contributed by atoms with Crippen LogP contribution in [0.25, 0.3) is 0 Å².